The number of piperidine rings is 1. The fraction of sp³-hybridized carbons (Fsp3) is 0.500. The molecule has 2 aliphatic heterocycles. The molecule has 2 aliphatic rings. The number of urea groups is 1. The summed E-state index contributed by atoms with van der Waals surface area (Å²) in [5.74, 6) is -1.09. The molecule has 0 spiro atoms. The molecule has 1 aromatic carbocycles. The van der Waals surface area contributed by atoms with Gasteiger partial charge in [-0.2, -0.15) is 0 Å². The Balaban J connectivity index is 1.62. The van der Waals surface area contributed by atoms with Crippen LogP contribution in [0.15, 0.2) is 24.3 Å². The number of aliphatic carboxylic acids is 1. The zero-order valence-corrected chi connectivity index (χ0v) is 14.3. The fourth-order valence-corrected chi connectivity index (χ4v) is 3.54. The quantitative estimate of drug-likeness (QED) is 0.880. The molecule has 134 valence electrons. The van der Waals surface area contributed by atoms with Crippen LogP contribution in [0.1, 0.15) is 26.2 Å². The number of nitrogens with zero attached hydrogens (tertiary/aromatic N) is 2. The first kappa shape index (κ1) is 17.3. The van der Waals surface area contributed by atoms with Gasteiger partial charge >= 0.3 is 12.0 Å². The molecule has 0 aliphatic carbocycles. The van der Waals surface area contributed by atoms with Crippen LogP contribution in [0.3, 0.4) is 0 Å². The first-order valence-corrected chi connectivity index (χ1v) is 8.63. The standard InChI is InChI=1S/C18H23N3O4/c1-12-9-13(17(23)24)11-20(10-12)18(25)19-14-4-6-15(7-5-14)21-8-2-3-16(21)22/h4-7,12-13H,2-3,8-11H2,1H3,(H,19,25)(H,23,24). The average Bonchev–Trinajstić information content (AvgIpc) is 3.01. The second-order valence-corrected chi connectivity index (χ2v) is 6.91. The average molecular weight is 345 g/mol. The number of amides is 3. The third-order valence-electron chi connectivity index (χ3n) is 4.80. The van der Waals surface area contributed by atoms with Gasteiger partial charge in [0.1, 0.15) is 0 Å². The summed E-state index contributed by atoms with van der Waals surface area (Å²) >= 11 is 0. The van der Waals surface area contributed by atoms with Gasteiger partial charge < -0.3 is 20.2 Å². The molecule has 2 unspecified atom stereocenters. The van der Waals surface area contributed by atoms with Crippen LogP contribution in [0.4, 0.5) is 16.2 Å². The molecule has 2 fully saturated rings. The number of hydrogen-bond acceptors (Lipinski definition) is 3. The van der Waals surface area contributed by atoms with Crippen LogP contribution < -0.4 is 10.2 Å². The summed E-state index contributed by atoms with van der Waals surface area (Å²) in [6, 6.07) is 6.87. The number of nitrogens with one attached hydrogen (secondary N) is 1. The van der Waals surface area contributed by atoms with Crippen LogP contribution >= 0.6 is 0 Å². The van der Waals surface area contributed by atoms with E-state index in [0.717, 1.165) is 18.7 Å². The first-order valence-electron chi connectivity index (χ1n) is 8.63. The van der Waals surface area contributed by atoms with Crippen molar-refractivity contribution in [2.24, 2.45) is 11.8 Å². The number of carboxylic acid groups (broad SMARTS) is 1. The van der Waals surface area contributed by atoms with E-state index in [1.165, 1.54) is 0 Å². The number of carboxylic acids is 1. The molecule has 7 heteroatoms. The monoisotopic (exact) mass is 345 g/mol. The molecular formula is C18H23N3O4. The summed E-state index contributed by atoms with van der Waals surface area (Å²) in [5, 5.41) is 12.0. The highest BCUT2D eigenvalue weighted by Crippen LogP contribution is 2.25. The SMILES string of the molecule is CC1CC(C(=O)O)CN(C(=O)Nc2ccc(N3CCCC3=O)cc2)C1. The van der Waals surface area contributed by atoms with E-state index < -0.39 is 11.9 Å². The van der Waals surface area contributed by atoms with Crippen molar-refractivity contribution in [3.63, 3.8) is 0 Å². The molecule has 3 rings (SSSR count). The van der Waals surface area contributed by atoms with E-state index in [1.54, 1.807) is 21.9 Å². The van der Waals surface area contributed by atoms with E-state index >= 15 is 0 Å². The number of hydrogen-bond donors (Lipinski definition) is 2. The van der Waals surface area contributed by atoms with Crippen LogP contribution in [0.2, 0.25) is 0 Å². The minimum atomic E-state index is -0.857. The zero-order chi connectivity index (χ0) is 18.0. The van der Waals surface area contributed by atoms with Crippen molar-refractivity contribution in [1.29, 1.82) is 0 Å². The summed E-state index contributed by atoms with van der Waals surface area (Å²) in [6.07, 6.45) is 2.04. The normalized spacial score (nSPS) is 23.6. The summed E-state index contributed by atoms with van der Waals surface area (Å²) in [5.41, 5.74) is 1.46. The second kappa shape index (κ2) is 7.13. The Morgan fingerprint density at radius 2 is 1.92 bits per heavy atom. The smallest absolute Gasteiger partial charge is 0.321 e. The number of carbonyl (C=O) groups excluding carboxylic acids is 2. The number of anilines is 2. The largest absolute Gasteiger partial charge is 0.481 e. The predicted molar refractivity (Wildman–Crippen MR) is 93.5 cm³/mol. The highest BCUT2D eigenvalue weighted by atomic mass is 16.4. The van der Waals surface area contributed by atoms with Crippen LogP contribution in [0.5, 0.6) is 0 Å². The van der Waals surface area contributed by atoms with Gasteiger partial charge in [-0.05, 0) is 43.0 Å². The minimum absolute atomic E-state index is 0.124. The van der Waals surface area contributed by atoms with Gasteiger partial charge in [0.2, 0.25) is 5.91 Å². The first-order chi connectivity index (χ1) is 11.9. The molecule has 2 heterocycles. The van der Waals surface area contributed by atoms with Crippen molar-refractivity contribution in [1.82, 2.24) is 4.90 Å². The van der Waals surface area contributed by atoms with Gasteiger partial charge in [0.05, 0.1) is 5.92 Å². The summed E-state index contributed by atoms with van der Waals surface area (Å²) in [7, 11) is 0. The zero-order valence-electron chi connectivity index (χ0n) is 14.3. The Kier molecular flexibility index (Phi) is 4.92. The van der Waals surface area contributed by atoms with Crippen molar-refractivity contribution in [3.05, 3.63) is 24.3 Å². The van der Waals surface area contributed by atoms with Crippen molar-refractivity contribution in [3.8, 4) is 0 Å². The van der Waals surface area contributed by atoms with Gasteiger partial charge in [-0.15, -0.1) is 0 Å². The molecule has 0 radical (unpaired) electrons. The molecule has 0 aromatic heterocycles. The van der Waals surface area contributed by atoms with Gasteiger partial charge in [0.15, 0.2) is 0 Å². The van der Waals surface area contributed by atoms with E-state index in [0.29, 0.717) is 25.1 Å². The number of benzene rings is 1. The van der Waals surface area contributed by atoms with Crippen molar-refractivity contribution < 1.29 is 19.5 Å². The molecule has 0 bridgehead atoms. The van der Waals surface area contributed by atoms with E-state index in [1.807, 2.05) is 19.1 Å². The lowest BCUT2D eigenvalue weighted by atomic mass is 9.91. The molecule has 25 heavy (non-hydrogen) atoms. The molecule has 2 N–H and O–H groups in total. The van der Waals surface area contributed by atoms with Gasteiger partial charge in [-0.1, -0.05) is 6.92 Å². The Morgan fingerprint density at radius 1 is 1.20 bits per heavy atom. The maximum atomic E-state index is 12.4. The molecule has 2 saturated heterocycles. The Hall–Kier alpha value is -2.57. The number of rotatable bonds is 3. The molecular weight excluding hydrogens is 322 g/mol. The molecule has 7 nitrogen and oxygen atoms in total. The third kappa shape index (κ3) is 3.92. The maximum absolute atomic E-state index is 12.4. The highest BCUT2D eigenvalue weighted by Gasteiger charge is 2.32. The Bertz CT molecular complexity index is 673. The van der Waals surface area contributed by atoms with E-state index in [9.17, 15) is 19.5 Å². The van der Waals surface area contributed by atoms with Gasteiger partial charge in [-0.3, -0.25) is 9.59 Å². The number of carbonyl (C=O) groups is 3. The van der Waals surface area contributed by atoms with Gasteiger partial charge in [0, 0.05) is 37.4 Å². The third-order valence-corrected chi connectivity index (χ3v) is 4.80. The van der Waals surface area contributed by atoms with Crippen molar-refractivity contribution in [2.75, 3.05) is 29.9 Å². The van der Waals surface area contributed by atoms with Crippen LogP contribution in [0.25, 0.3) is 0 Å². The Morgan fingerprint density at radius 3 is 2.52 bits per heavy atom. The lowest BCUT2D eigenvalue weighted by Crippen LogP contribution is -2.47. The Labute approximate surface area is 146 Å². The topological polar surface area (TPSA) is 89.9 Å². The van der Waals surface area contributed by atoms with E-state index in [4.69, 9.17) is 0 Å². The van der Waals surface area contributed by atoms with Crippen molar-refractivity contribution in [2.45, 2.75) is 26.2 Å². The van der Waals surface area contributed by atoms with Crippen molar-refractivity contribution >= 4 is 29.3 Å². The second-order valence-electron chi connectivity index (χ2n) is 6.91. The number of likely N-dealkylation sites (tertiary alicyclic amines) is 1. The molecule has 2 atom stereocenters. The lowest BCUT2D eigenvalue weighted by Gasteiger charge is -2.34. The van der Waals surface area contributed by atoms with E-state index in [2.05, 4.69) is 5.32 Å². The van der Waals surface area contributed by atoms with Crippen LogP contribution in [-0.4, -0.2) is 47.5 Å². The maximum Gasteiger partial charge on any atom is 0.321 e. The highest BCUT2D eigenvalue weighted by molar-refractivity contribution is 5.96. The fourth-order valence-electron chi connectivity index (χ4n) is 3.54. The predicted octanol–water partition coefficient (Wildman–Crippen LogP) is 2.39. The summed E-state index contributed by atoms with van der Waals surface area (Å²) < 4.78 is 0. The van der Waals surface area contributed by atoms with E-state index in [-0.39, 0.29) is 24.4 Å². The summed E-state index contributed by atoms with van der Waals surface area (Å²) in [4.78, 5) is 38.7. The summed E-state index contributed by atoms with van der Waals surface area (Å²) in [6.45, 7) is 3.46. The van der Waals surface area contributed by atoms with Gasteiger partial charge in [-0.25, -0.2) is 4.79 Å². The molecule has 0 saturated carbocycles. The lowest BCUT2D eigenvalue weighted by molar-refractivity contribution is -0.143. The van der Waals surface area contributed by atoms with Crippen LogP contribution in [-0.2, 0) is 9.59 Å². The molecule has 1 aromatic rings. The molecule has 3 amide bonds. The van der Waals surface area contributed by atoms with Gasteiger partial charge in [0.25, 0.3) is 0 Å². The minimum Gasteiger partial charge on any atom is -0.481 e. The van der Waals surface area contributed by atoms with Crippen LogP contribution in [0, 0.1) is 11.8 Å².